The minimum Gasteiger partial charge on any atom is -0.396 e. The third kappa shape index (κ3) is 2.56. The van der Waals surface area contributed by atoms with Crippen molar-refractivity contribution >= 4 is 23.0 Å². The zero-order valence-corrected chi connectivity index (χ0v) is 11.5. The van der Waals surface area contributed by atoms with Gasteiger partial charge in [0.2, 0.25) is 5.91 Å². The molecule has 0 aliphatic carbocycles. The van der Waals surface area contributed by atoms with E-state index in [2.05, 4.69) is 5.32 Å². The summed E-state index contributed by atoms with van der Waals surface area (Å²) in [4.78, 5) is 24.3. The highest BCUT2D eigenvalue weighted by molar-refractivity contribution is 5.95. The summed E-state index contributed by atoms with van der Waals surface area (Å²) in [6.45, 7) is 1.44. The summed E-state index contributed by atoms with van der Waals surface area (Å²) in [6, 6.07) is 3.26. The van der Waals surface area contributed by atoms with Crippen molar-refractivity contribution in [3.8, 4) is 0 Å². The number of benzene rings is 1. The molecule has 2 aliphatic heterocycles. The van der Waals surface area contributed by atoms with Gasteiger partial charge in [-0.05, 0) is 24.5 Å². The van der Waals surface area contributed by atoms with Crippen LogP contribution in [0.4, 0.5) is 17.1 Å². The number of aliphatic hydroxyl groups excluding tert-OH is 1. The molecule has 1 amide bonds. The molecule has 2 heterocycles. The molecular formula is C14H17N3O4. The van der Waals surface area contributed by atoms with Crippen LogP contribution >= 0.6 is 0 Å². The van der Waals surface area contributed by atoms with Crippen molar-refractivity contribution in [1.29, 1.82) is 0 Å². The Kier molecular flexibility index (Phi) is 3.50. The highest BCUT2D eigenvalue weighted by Gasteiger charge is 2.29. The molecular weight excluding hydrogens is 274 g/mol. The van der Waals surface area contributed by atoms with Gasteiger partial charge in [0, 0.05) is 38.1 Å². The van der Waals surface area contributed by atoms with Gasteiger partial charge in [0.05, 0.1) is 10.6 Å². The Labute approximate surface area is 121 Å². The van der Waals surface area contributed by atoms with Crippen molar-refractivity contribution in [1.82, 2.24) is 0 Å². The van der Waals surface area contributed by atoms with E-state index < -0.39 is 4.92 Å². The van der Waals surface area contributed by atoms with Crippen LogP contribution < -0.4 is 10.2 Å². The van der Waals surface area contributed by atoms with Crippen LogP contribution in [-0.4, -0.2) is 35.6 Å². The fourth-order valence-corrected chi connectivity index (χ4v) is 3.00. The lowest BCUT2D eigenvalue weighted by Gasteiger charge is -2.23. The molecule has 2 aliphatic rings. The molecule has 21 heavy (non-hydrogen) atoms. The Balaban J connectivity index is 1.99. The topological polar surface area (TPSA) is 95.7 Å². The van der Waals surface area contributed by atoms with Gasteiger partial charge in [0.25, 0.3) is 5.69 Å². The van der Waals surface area contributed by atoms with E-state index in [0.717, 1.165) is 12.0 Å². The second-order valence-corrected chi connectivity index (χ2v) is 5.59. The molecule has 0 bridgehead atoms. The lowest BCUT2D eigenvalue weighted by molar-refractivity contribution is -0.384. The smallest absolute Gasteiger partial charge is 0.294 e. The summed E-state index contributed by atoms with van der Waals surface area (Å²) in [5.41, 5.74) is 2.07. The number of nitrogens with one attached hydrogen (secondary N) is 1. The number of anilines is 2. The lowest BCUT2D eigenvalue weighted by Crippen LogP contribution is -2.24. The number of aryl methyl sites for hydroxylation is 1. The van der Waals surface area contributed by atoms with Crippen LogP contribution in [0.2, 0.25) is 0 Å². The number of rotatable bonds is 3. The van der Waals surface area contributed by atoms with Gasteiger partial charge in [-0.1, -0.05) is 0 Å². The van der Waals surface area contributed by atoms with E-state index in [0.29, 0.717) is 37.3 Å². The summed E-state index contributed by atoms with van der Waals surface area (Å²) < 4.78 is 0. The van der Waals surface area contributed by atoms with E-state index in [1.165, 1.54) is 6.07 Å². The largest absolute Gasteiger partial charge is 0.396 e. The summed E-state index contributed by atoms with van der Waals surface area (Å²) in [6.07, 6.45) is 1.84. The quantitative estimate of drug-likeness (QED) is 0.646. The van der Waals surface area contributed by atoms with Gasteiger partial charge in [-0.2, -0.15) is 0 Å². The van der Waals surface area contributed by atoms with Gasteiger partial charge in [0.15, 0.2) is 0 Å². The highest BCUT2D eigenvalue weighted by atomic mass is 16.6. The van der Waals surface area contributed by atoms with E-state index in [9.17, 15) is 20.0 Å². The summed E-state index contributed by atoms with van der Waals surface area (Å²) in [7, 11) is 0. The van der Waals surface area contributed by atoms with Crippen LogP contribution in [-0.2, 0) is 11.2 Å². The van der Waals surface area contributed by atoms with E-state index in [1.807, 2.05) is 11.0 Å². The second-order valence-electron chi connectivity index (χ2n) is 5.59. The number of amides is 1. The number of hydrogen-bond donors (Lipinski definition) is 2. The molecule has 0 radical (unpaired) electrons. The number of carbonyl (C=O) groups excluding carboxylic acids is 1. The number of nitro benzene ring substituents is 1. The summed E-state index contributed by atoms with van der Waals surface area (Å²) in [5.74, 6) is 0.0615. The third-order valence-corrected chi connectivity index (χ3v) is 4.18. The van der Waals surface area contributed by atoms with Gasteiger partial charge in [-0.25, -0.2) is 0 Å². The van der Waals surface area contributed by atoms with Crippen molar-refractivity contribution in [2.75, 3.05) is 29.9 Å². The van der Waals surface area contributed by atoms with Crippen molar-refractivity contribution in [3.63, 3.8) is 0 Å². The maximum atomic E-state index is 11.4. The number of nitrogens with zero attached hydrogens (tertiary/aromatic N) is 2. The Morgan fingerprint density at radius 1 is 1.43 bits per heavy atom. The van der Waals surface area contributed by atoms with Crippen molar-refractivity contribution in [2.24, 2.45) is 5.92 Å². The molecule has 7 nitrogen and oxygen atoms in total. The Hall–Kier alpha value is -2.15. The first-order valence-electron chi connectivity index (χ1n) is 7.05. The minimum atomic E-state index is -0.414. The highest BCUT2D eigenvalue weighted by Crippen LogP contribution is 2.38. The first kappa shape index (κ1) is 13.8. The van der Waals surface area contributed by atoms with E-state index in [4.69, 9.17) is 0 Å². The van der Waals surface area contributed by atoms with Gasteiger partial charge in [-0.15, -0.1) is 0 Å². The van der Waals surface area contributed by atoms with Gasteiger partial charge >= 0.3 is 0 Å². The van der Waals surface area contributed by atoms with Crippen molar-refractivity contribution in [3.05, 3.63) is 27.8 Å². The van der Waals surface area contributed by atoms with E-state index in [1.54, 1.807) is 0 Å². The molecule has 3 rings (SSSR count). The lowest BCUT2D eigenvalue weighted by atomic mass is 10.0. The predicted octanol–water partition coefficient (Wildman–Crippen LogP) is 1.30. The molecule has 2 N–H and O–H groups in total. The number of aliphatic hydroxyl groups is 1. The normalized spacial score (nSPS) is 21.1. The first-order chi connectivity index (χ1) is 10.1. The molecule has 7 heteroatoms. The van der Waals surface area contributed by atoms with E-state index >= 15 is 0 Å². The molecule has 1 fully saturated rings. The molecule has 0 spiro atoms. The number of hydrogen-bond acceptors (Lipinski definition) is 5. The zero-order valence-electron chi connectivity index (χ0n) is 11.5. The monoisotopic (exact) mass is 291 g/mol. The van der Waals surface area contributed by atoms with Crippen LogP contribution in [0.1, 0.15) is 18.4 Å². The molecule has 112 valence electrons. The first-order valence-corrected chi connectivity index (χ1v) is 7.05. The van der Waals surface area contributed by atoms with Gasteiger partial charge in [-0.3, -0.25) is 14.9 Å². The zero-order chi connectivity index (χ0) is 15.0. The Morgan fingerprint density at radius 2 is 2.24 bits per heavy atom. The van der Waals surface area contributed by atoms with Crippen LogP contribution in [0, 0.1) is 16.0 Å². The van der Waals surface area contributed by atoms with E-state index in [-0.39, 0.29) is 24.1 Å². The molecule has 1 aromatic rings. The Bertz CT molecular complexity index is 602. The fourth-order valence-electron chi connectivity index (χ4n) is 3.00. The maximum Gasteiger partial charge on any atom is 0.294 e. The third-order valence-electron chi connectivity index (χ3n) is 4.18. The molecule has 1 saturated heterocycles. The second kappa shape index (κ2) is 5.33. The molecule has 1 aromatic carbocycles. The number of carbonyl (C=O) groups is 1. The SMILES string of the molecule is O=C1CCc2cc(N3CCC(CO)C3)c([N+](=O)[O-])cc2N1. The van der Waals surface area contributed by atoms with Gasteiger partial charge in [0.1, 0.15) is 5.69 Å². The van der Waals surface area contributed by atoms with Crippen LogP contribution in [0.5, 0.6) is 0 Å². The minimum absolute atomic E-state index is 0.00883. The number of fused-ring (bicyclic) bond motifs is 1. The average Bonchev–Trinajstić information content (AvgIpc) is 2.94. The van der Waals surface area contributed by atoms with Crippen LogP contribution in [0.15, 0.2) is 12.1 Å². The van der Waals surface area contributed by atoms with Crippen LogP contribution in [0.25, 0.3) is 0 Å². The molecule has 1 atom stereocenters. The molecule has 0 saturated carbocycles. The summed E-state index contributed by atoms with van der Waals surface area (Å²) >= 11 is 0. The van der Waals surface area contributed by atoms with Crippen molar-refractivity contribution in [2.45, 2.75) is 19.3 Å². The fraction of sp³-hybridized carbons (Fsp3) is 0.500. The molecule has 1 unspecified atom stereocenters. The average molecular weight is 291 g/mol. The number of nitro groups is 1. The Morgan fingerprint density at radius 3 is 2.90 bits per heavy atom. The maximum absolute atomic E-state index is 11.4. The van der Waals surface area contributed by atoms with Crippen molar-refractivity contribution < 1.29 is 14.8 Å². The molecule has 0 aromatic heterocycles. The van der Waals surface area contributed by atoms with Gasteiger partial charge < -0.3 is 15.3 Å². The predicted molar refractivity (Wildman–Crippen MR) is 77.5 cm³/mol. The van der Waals surface area contributed by atoms with Crippen LogP contribution in [0.3, 0.4) is 0 Å². The standard InChI is InChI=1S/C14H17N3O4/c18-8-9-3-4-16(7-9)12-5-10-1-2-14(19)15-11(10)6-13(12)17(20)21/h5-6,9,18H,1-4,7-8H2,(H,15,19). The summed E-state index contributed by atoms with van der Waals surface area (Å²) in [5, 5.41) is 23.2.